The molecule has 2 aromatic rings. The second-order valence-corrected chi connectivity index (χ2v) is 6.80. The van der Waals surface area contributed by atoms with Gasteiger partial charge in [0.25, 0.3) is 11.1 Å². The molecule has 0 aromatic heterocycles. The molecule has 138 valence electrons. The maximum absolute atomic E-state index is 12.7. The lowest BCUT2D eigenvalue weighted by Gasteiger charge is -2.12. The van der Waals surface area contributed by atoms with Gasteiger partial charge >= 0.3 is 0 Å². The Bertz CT molecular complexity index is 921. The van der Waals surface area contributed by atoms with Crippen LogP contribution in [0.2, 0.25) is 0 Å². The number of amides is 2. The lowest BCUT2D eigenvalue weighted by atomic mass is 10.1. The predicted molar refractivity (Wildman–Crippen MR) is 108 cm³/mol. The van der Waals surface area contributed by atoms with Gasteiger partial charge in [-0.05, 0) is 61.0 Å². The molecule has 0 spiro atoms. The van der Waals surface area contributed by atoms with Crippen molar-refractivity contribution in [1.82, 2.24) is 0 Å². The van der Waals surface area contributed by atoms with Crippen molar-refractivity contribution < 1.29 is 19.4 Å². The van der Waals surface area contributed by atoms with Crippen molar-refractivity contribution in [2.24, 2.45) is 0 Å². The van der Waals surface area contributed by atoms with Crippen molar-refractivity contribution in [1.29, 1.82) is 0 Å². The number of thioether (sulfide) groups is 1. The van der Waals surface area contributed by atoms with Crippen molar-refractivity contribution in [3.8, 4) is 11.5 Å². The van der Waals surface area contributed by atoms with Crippen LogP contribution in [0, 0.1) is 0 Å². The second kappa shape index (κ2) is 8.14. The van der Waals surface area contributed by atoms with Gasteiger partial charge < -0.3 is 9.84 Å². The Labute approximate surface area is 162 Å². The zero-order valence-corrected chi connectivity index (χ0v) is 15.7. The molecule has 0 radical (unpaired) electrons. The van der Waals surface area contributed by atoms with Crippen molar-refractivity contribution in [3.63, 3.8) is 0 Å². The van der Waals surface area contributed by atoms with E-state index in [4.69, 9.17) is 4.74 Å². The minimum atomic E-state index is -0.368. The topological polar surface area (TPSA) is 66.8 Å². The number of hydrogen-bond acceptors (Lipinski definition) is 5. The number of anilines is 1. The summed E-state index contributed by atoms with van der Waals surface area (Å²) < 4.78 is 5.48. The van der Waals surface area contributed by atoms with Crippen molar-refractivity contribution in [2.75, 3.05) is 11.5 Å². The highest BCUT2D eigenvalue weighted by Crippen LogP contribution is 2.38. The van der Waals surface area contributed by atoms with Gasteiger partial charge in [0.15, 0.2) is 11.5 Å². The third-order valence-corrected chi connectivity index (χ3v) is 4.82. The molecule has 1 N–H and O–H groups in total. The third kappa shape index (κ3) is 3.90. The average molecular weight is 381 g/mol. The number of allylic oxidation sites excluding steroid dienone is 1. The Morgan fingerprint density at radius 3 is 2.63 bits per heavy atom. The van der Waals surface area contributed by atoms with E-state index in [0.29, 0.717) is 40.5 Å². The zero-order valence-electron chi connectivity index (χ0n) is 14.8. The number of aromatic hydroxyl groups is 1. The zero-order chi connectivity index (χ0) is 19.4. The first-order chi connectivity index (χ1) is 13.0. The number of rotatable bonds is 6. The van der Waals surface area contributed by atoms with Gasteiger partial charge in [-0.1, -0.05) is 24.3 Å². The molecular formula is C21H19NO4S. The molecule has 0 unspecified atom stereocenters. The van der Waals surface area contributed by atoms with Crippen molar-refractivity contribution in [2.45, 2.75) is 13.3 Å². The number of para-hydroxylation sites is 1. The molecular weight excluding hydrogens is 362 g/mol. The molecule has 6 heteroatoms. The Morgan fingerprint density at radius 2 is 1.96 bits per heavy atom. The van der Waals surface area contributed by atoms with Gasteiger partial charge in [-0.25, -0.2) is 4.90 Å². The molecule has 0 saturated carbocycles. The standard InChI is InChI=1S/C21H19NO4S/c1-3-8-15-11-14(12-17(19(15)23)26-4-2)13-18-20(24)22(21(25)27-18)16-9-6-5-7-10-16/h3,5-7,9-13,23H,1,4,8H2,2H3. The monoisotopic (exact) mass is 381 g/mol. The van der Waals surface area contributed by atoms with E-state index in [-0.39, 0.29) is 16.9 Å². The van der Waals surface area contributed by atoms with Crippen molar-refractivity contribution >= 4 is 34.7 Å². The van der Waals surface area contributed by atoms with Crippen LogP contribution in [0.25, 0.3) is 6.08 Å². The SMILES string of the molecule is C=CCc1cc(C=C2SC(=O)N(c3ccccc3)C2=O)cc(OCC)c1O. The van der Waals surface area contributed by atoms with Crippen LogP contribution in [0.15, 0.2) is 60.0 Å². The van der Waals surface area contributed by atoms with E-state index in [1.165, 1.54) is 0 Å². The van der Waals surface area contributed by atoms with Gasteiger partial charge in [0, 0.05) is 5.56 Å². The van der Waals surface area contributed by atoms with Crippen LogP contribution >= 0.6 is 11.8 Å². The highest BCUT2D eigenvalue weighted by atomic mass is 32.2. The maximum atomic E-state index is 12.7. The van der Waals surface area contributed by atoms with Crippen LogP contribution < -0.4 is 9.64 Å². The molecule has 2 aromatic carbocycles. The summed E-state index contributed by atoms with van der Waals surface area (Å²) in [6.07, 6.45) is 3.78. The second-order valence-electron chi connectivity index (χ2n) is 5.81. The van der Waals surface area contributed by atoms with Gasteiger partial charge in [-0.2, -0.15) is 0 Å². The molecule has 2 amide bonds. The summed E-state index contributed by atoms with van der Waals surface area (Å²) in [6, 6.07) is 12.2. The molecule has 0 atom stereocenters. The number of nitrogens with zero attached hydrogens (tertiary/aromatic N) is 1. The summed E-state index contributed by atoms with van der Waals surface area (Å²) >= 11 is 0.889. The number of phenolic OH excluding ortho intramolecular Hbond substituents is 1. The quantitative estimate of drug-likeness (QED) is 0.577. The van der Waals surface area contributed by atoms with E-state index in [2.05, 4.69) is 6.58 Å². The summed E-state index contributed by atoms with van der Waals surface area (Å²) in [6.45, 7) is 5.92. The minimum Gasteiger partial charge on any atom is -0.504 e. The van der Waals surface area contributed by atoms with E-state index in [9.17, 15) is 14.7 Å². The average Bonchev–Trinajstić information content (AvgIpc) is 2.93. The van der Waals surface area contributed by atoms with E-state index in [1.807, 2.05) is 13.0 Å². The largest absolute Gasteiger partial charge is 0.504 e. The van der Waals surface area contributed by atoms with E-state index >= 15 is 0 Å². The van der Waals surface area contributed by atoms with Crippen LogP contribution in [0.4, 0.5) is 10.5 Å². The summed E-state index contributed by atoms with van der Waals surface area (Å²) in [7, 11) is 0. The maximum Gasteiger partial charge on any atom is 0.298 e. The van der Waals surface area contributed by atoms with Gasteiger partial charge in [0.1, 0.15) is 0 Å². The van der Waals surface area contributed by atoms with Crippen LogP contribution in [0.3, 0.4) is 0 Å². The van der Waals surface area contributed by atoms with E-state index < -0.39 is 0 Å². The van der Waals surface area contributed by atoms with Crippen LogP contribution in [0.1, 0.15) is 18.1 Å². The number of benzene rings is 2. The summed E-state index contributed by atoms with van der Waals surface area (Å²) in [5.74, 6) is 0.0317. The molecule has 1 aliphatic heterocycles. The van der Waals surface area contributed by atoms with Gasteiger partial charge in [0.05, 0.1) is 17.2 Å². The van der Waals surface area contributed by atoms with Gasteiger partial charge in [0.2, 0.25) is 0 Å². The fraction of sp³-hybridized carbons (Fsp3) is 0.143. The first-order valence-corrected chi connectivity index (χ1v) is 9.29. The van der Waals surface area contributed by atoms with Crippen LogP contribution in [0.5, 0.6) is 11.5 Å². The first-order valence-electron chi connectivity index (χ1n) is 8.47. The Hall–Kier alpha value is -2.99. The number of hydrogen-bond donors (Lipinski definition) is 1. The molecule has 1 saturated heterocycles. The minimum absolute atomic E-state index is 0.0614. The lowest BCUT2D eigenvalue weighted by Crippen LogP contribution is -2.27. The van der Waals surface area contributed by atoms with Crippen LogP contribution in [-0.4, -0.2) is 22.9 Å². The number of carbonyl (C=O) groups is 2. The Balaban J connectivity index is 1.98. The number of phenols is 1. The fourth-order valence-corrected chi connectivity index (χ4v) is 3.61. The first kappa shape index (κ1) is 18.8. The molecule has 1 heterocycles. The Kier molecular flexibility index (Phi) is 5.66. The molecule has 3 rings (SSSR count). The number of carbonyl (C=O) groups excluding carboxylic acids is 2. The highest BCUT2D eigenvalue weighted by molar-refractivity contribution is 8.19. The van der Waals surface area contributed by atoms with Crippen LogP contribution in [-0.2, 0) is 11.2 Å². The summed E-state index contributed by atoms with van der Waals surface area (Å²) in [5.41, 5.74) is 1.85. The van der Waals surface area contributed by atoms with E-state index in [0.717, 1.165) is 16.7 Å². The molecule has 5 nitrogen and oxygen atoms in total. The summed E-state index contributed by atoms with van der Waals surface area (Å²) in [5, 5.41) is 9.95. The predicted octanol–water partition coefficient (Wildman–Crippen LogP) is 4.76. The third-order valence-electron chi connectivity index (χ3n) is 3.95. The van der Waals surface area contributed by atoms with E-state index in [1.54, 1.807) is 48.6 Å². The Morgan fingerprint density at radius 1 is 1.22 bits per heavy atom. The smallest absolute Gasteiger partial charge is 0.298 e. The molecule has 1 fully saturated rings. The number of imide groups is 1. The molecule has 27 heavy (non-hydrogen) atoms. The van der Waals surface area contributed by atoms with Gasteiger partial charge in [-0.3, -0.25) is 9.59 Å². The van der Waals surface area contributed by atoms with Gasteiger partial charge in [-0.15, -0.1) is 6.58 Å². The lowest BCUT2D eigenvalue weighted by molar-refractivity contribution is -0.113. The molecule has 0 bridgehead atoms. The normalized spacial score (nSPS) is 15.4. The fourth-order valence-electron chi connectivity index (χ4n) is 2.77. The molecule has 1 aliphatic rings. The molecule has 0 aliphatic carbocycles. The van der Waals surface area contributed by atoms with Crippen molar-refractivity contribution in [3.05, 3.63) is 71.2 Å². The highest BCUT2D eigenvalue weighted by Gasteiger charge is 2.36. The number of ether oxygens (including phenoxy) is 1. The summed E-state index contributed by atoms with van der Waals surface area (Å²) in [4.78, 5) is 26.5.